The summed E-state index contributed by atoms with van der Waals surface area (Å²) in [6.07, 6.45) is 5.77. The van der Waals surface area contributed by atoms with Crippen LogP contribution >= 0.6 is 0 Å². The van der Waals surface area contributed by atoms with E-state index >= 15 is 0 Å². The minimum Gasteiger partial charge on any atom is -0.445 e. The van der Waals surface area contributed by atoms with E-state index in [-0.39, 0.29) is 0 Å². The third-order valence-electron chi connectivity index (χ3n) is 3.05. The first kappa shape index (κ1) is 9.71. The Labute approximate surface area is 84.9 Å². The average Bonchev–Trinajstić information content (AvgIpc) is 2.72. The molecule has 2 rings (SSSR count). The number of nitrogens with zero attached hydrogens (tertiary/aromatic N) is 1. The van der Waals surface area contributed by atoms with E-state index in [1.807, 2.05) is 6.92 Å². The summed E-state index contributed by atoms with van der Waals surface area (Å²) in [5, 5.41) is 3.50. The Kier molecular flexibility index (Phi) is 2.87. The maximum atomic E-state index is 5.40. The standard InChI is InChI=1S/C11H18N2O/c1-8-4-3-5-10(8)12-7-11-13-6-9(2)14-11/h6,8,10,12H,3-5,7H2,1-2H3. The quantitative estimate of drug-likeness (QED) is 0.802. The van der Waals surface area contributed by atoms with Crippen LogP contribution in [-0.2, 0) is 6.54 Å². The Morgan fingerprint density at radius 2 is 2.43 bits per heavy atom. The van der Waals surface area contributed by atoms with Gasteiger partial charge in [-0.05, 0) is 25.7 Å². The molecule has 0 spiro atoms. The summed E-state index contributed by atoms with van der Waals surface area (Å²) >= 11 is 0. The van der Waals surface area contributed by atoms with E-state index < -0.39 is 0 Å². The van der Waals surface area contributed by atoms with Gasteiger partial charge in [-0.3, -0.25) is 0 Å². The molecule has 1 aliphatic carbocycles. The van der Waals surface area contributed by atoms with Crippen molar-refractivity contribution in [2.24, 2.45) is 5.92 Å². The molecule has 3 heteroatoms. The third-order valence-corrected chi connectivity index (χ3v) is 3.05. The van der Waals surface area contributed by atoms with Gasteiger partial charge in [-0.15, -0.1) is 0 Å². The number of nitrogens with one attached hydrogen (secondary N) is 1. The molecule has 3 nitrogen and oxygen atoms in total. The fourth-order valence-corrected chi connectivity index (χ4v) is 2.15. The van der Waals surface area contributed by atoms with E-state index in [0.717, 1.165) is 24.1 Å². The van der Waals surface area contributed by atoms with Crippen LogP contribution in [0.3, 0.4) is 0 Å². The molecule has 2 unspecified atom stereocenters. The molecule has 1 heterocycles. The predicted octanol–water partition coefficient (Wildman–Crippen LogP) is 2.26. The number of aromatic nitrogens is 1. The summed E-state index contributed by atoms with van der Waals surface area (Å²) < 4.78 is 5.40. The van der Waals surface area contributed by atoms with Crippen molar-refractivity contribution >= 4 is 0 Å². The summed E-state index contributed by atoms with van der Waals surface area (Å²) in [7, 11) is 0. The van der Waals surface area contributed by atoms with Crippen molar-refractivity contribution in [3.8, 4) is 0 Å². The molecule has 1 N–H and O–H groups in total. The average molecular weight is 194 g/mol. The summed E-state index contributed by atoms with van der Waals surface area (Å²) in [6, 6.07) is 0.655. The molecular formula is C11H18N2O. The van der Waals surface area contributed by atoms with E-state index in [0.29, 0.717) is 6.04 Å². The first-order valence-electron chi connectivity index (χ1n) is 5.40. The zero-order valence-corrected chi connectivity index (χ0v) is 8.92. The minimum atomic E-state index is 0.655. The van der Waals surface area contributed by atoms with E-state index in [1.165, 1.54) is 19.3 Å². The van der Waals surface area contributed by atoms with Gasteiger partial charge in [-0.1, -0.05) is 13.3 Å². The van der Waals surface area contributed by atoms with Crippen molar-refractivity contribution in [1.82, 2.24) is 10.3 Å². The number of aryl methyl sites for hydroxylation is 1. The fourth-order valence-electron chi connectivity index (χ4n) is 2.15. The van der Waals surface area contributed by atoms with Crippen LogP contribution in [0.15, 0.2) is 10.6 Å². The molecule has 0 bridgehead atoms. The van der Waals surface area contributed by atoms with E-state index in [1.54, 1.807) is 6.20 Å². The Bertz CT molecular complexity index is 295. The van der Waals surface area contributed by atoms with Crippen molar-refractivity contribution in [1.29, 1.82) is 0 Å². The van der Waals surface area contributed by atoms with Crippen molar-refractivity contribution in [2.45, 2.75) is 45.7 Å². The molecule has 1 fully saturated rings. The second-order valence-electron chi connectivity index (χ2n) is 4.26. The van der Waals surface area contributed by atoms with Gasteiger partial charge in [0.1, 0.15) is 5.76 Å². The second-order valence-corrected chi connectivity index (χ2v) is 4.26. The van der Waals surface area contributed by atoms with Gasteiger partial charge >= 0.3 is 0 Å². The van der Waals surface area contributed by atoms with Crippen molar-refractivity contribution in [3.63, 3.8) is 0 Å². The molecule has 14 heavy (non-hydrogen) atoms. The minimum absolute atomic E-state index is 0.655. The Morgan fingerprint density at radius 1 is 1.57 bits per heavy atom. The lowest BCUT2D eigenvalue weighted by Gasteiger charge is -2.15. The van der Waals surface area contributed by atoms with Crippen LogP contribution in [0, 0.1) is 12.8 Å². The van der Waals surface area contributed by atoms with Gasteiger partial charge in [-0.2, -0.15) is 0 Å². The predicted molar refractivity (Wildman–Crippen MR) is 54.9 cm³/mol. The monoisotopic (exact) mass is 194 g/mol. The van der Waals surface area contributed by atoms with E-state index in [4.69, 9.17) is 4.42 Å². The molecule has 1 aromatic heterocycles. The maximum Gasteiger partial charge on any atom is 0.208 e. The van der Waals surface area contributed by atoms with E-state index in [9.17, 15) is 0 Å². The number of oxazole rings is 1. The molecule has 0 aliphatic heterocycles. The smallest absolute Gasteiger partial charge is 0.208 e. The molecule has 0 amide bonds. The van der Waals surface area contributed by atoms with Gasteiger partial charge in [0, 0.05) is 6.04 Å². The highest BCUT2D eigenvalue weighted by Gasteiger charge is 2.22. The molecule has 1 aromatic rings. The lowest BCUT2D eigenvalue weighted by molar-refractivity contribution is 0.383. The summed E-state index contributed by atoms with van der Waals surface area (Å²) in [4.78, 5) is 4.17. The van der Waals surface area contributed by atoms with Crippen LogP contribution in [0.5, 0.6) is 0 Å². The van der Waals surface area contributed by atoms with Gasteiger partial charge in [0.15, 0.2) is 0 Å². The molecule has 0 aromatic carbocycles. The van der Waals surface area contributed by atoms with Crippen molar-refractivity contribution < 1.29 is 4.42 Å². The SMILES string of the molecule is Cc1cnc(CNC2CCCC2C)o1. The highest BCUT2D eigenvalue weighted by atomic mass is 16.4. The second kappa shape index (κ2) is 4.13. The van der Waals surface area contributed by atoms with Gasteiger partial charge < -0.3 is 9.73 Å². The van der Waals surface area contributed by atoms with Crippen LogP contribution in [0.4, 0.5) is 0 Å². The maximum absolute atomic E-state index is 5.40. The summed E-state index contributed by atoms with van der Waals surface area (Å²) in [5.74, 6) is 2.49. The zero-order valence-electron chi connectivity index (χ0n) is 8.92. The number of rotatable bonds is 3. The molecule has 0 saturated heterocycles. The lowest BCUT2D eigenvalue weighted by Crippen LogP contribution is -2.30. The first-order chi connectivity index (χ1) is 6.75. The number of hydrogen-bond donors (Lipinski definition) is 1. The van der Waals surface area contributed by atoms with Gasteiger partial charge in [0.05, 0.1) is 12.7 Å². The summed E-state index contributed by atoms with van der Waals surface area (Å²) in [6.45, 7) is 5.00. The van der Waals surface area contributed by atoms with Crippen LogP contribution in [0.2, 0.25) is 0 Å². The Hall–Kier alpha value is -0.830. The van der Waals surface area contributed by atoms with E-state index in [2.05, 4.69) is 17.2 Å². The molecule has 1 aliphatic rings. The zero-order chi connectivity index (χ0) is 9.97. The topological polar surface area (TPSA) is 38.1 Å². The van der Waals surface area contributed by atoms with Crippen LogP contribution in [-0.4, -0.2) is 11.0 Å². The van der Waals surface area contributed by atoms with Crippen molar-refractivity contribution in [2.75, 3.05) is 0 Å². The van der Waals surface area contributed by atoms with Crippen LogP contribution in [0.25, 0.3) is 0 Å². The molecular weight excluding hydrogens is 176 g/mol. The first-order valence-corrected chi connectivity index (χ1v) is 5.40. The van der Waals surface area contributed by atoms with Gasteiger partial charge in [-0.25, -0.2) is 4.98 Å². The fraction of sp³-hybridized carbons (Fsp3) is 0.727. The highest BCUT2D eigenvalue weighted by molar-refractivity contribution is 4.91. The molecule has 78 valence electrons. The van der Waals surface area contributed by atoms with Gasteiger partial charge in [0.2, 0.25) is 5.89 Å². The Morgan fingerprint density at radius 3 is 3.00 bits per heavy atom. The van der Waals surface area contributed by atoms with Crippen LogP contribution < -0.4 is 5.32 Å². The number of hydrogen-bond acceptors (Lipinski definition) is 3. The largest absolute Gasteiger partial charge is 0.445 e. The normalized spacial score (nSPS) is 27.0. The van der Waals surface area contributed by atoms with Crippen molar-refractivity contribution in [3.05, 3.63) is 17.8 Å². The highest BCUT2D eigenvalue weighted by Crippen LogP contribution is 2.24. The molecule has 1 saturated carbocycles. The van der Waals surface area contributed by atoms with Gasteiger partial charge in [0.25, 0.3) is 0 Å². The summed E-state index contributed by atoms with van der Waals surface area (Å²) in [5.41, 5.74) is 0. The molecule has 0 radical (unpaired) electrons. The lowest BCUT2D eigenvalue weighted by atomic mass is 10.1. The third kappa shape index (κ3) is 2.15. The molecule has 2 atom stereocenters. The Balaban J connectivity index is 1.82. The van der Waals surface area contributed by atoms with Crippen LogP contribution in [0.1, 0.15) is 37.8 Å².